The molecule has 19 heavy (non-hydrogen) atoms. The fourth-order valence-electron chi connectivity index (χ4n) is 1.81. The molecule has 0 fully saturated rings. The second-order valence-electron chi connectivity index (χ2n) is 4.31. The minimum atomic E-state index is -0.928. The van der Waals surface area contributed by atoms with Crippen molar-refractivity contribution in [3.63, 3.8) is 0 Å². The summed E-state index contributed by atoms with van der Waals surface area (Å²) in [6, 6.07) is 10.4. The molecule has 0 aliphatic heterocycles. The Bertz CT molecular complexity index is 623. The molecule has 98 valence electrons. The van der Waals surface area contributed by atoms with E-state index in [1.807, 2.05) is 0 Å². The maximum atomic E-state index is 13.2. The second kappa shape index (κ2) is 5.18. The lowest BCUT2D eigenvalue weighted by Crippen LogP contribution is -2.07. The van der Waals surface area contributed by atoms with E-state index in [-0.39, 0.29) is 0 Å². The highest BCUT2D eigenvalue weighted by Gasteiger charge is 2.14. The fourth-order valence-corrected chi connectivity index (χ4v) is 1.81. The molecule has 0 aliphatic rings. The summed E-state index contributed by atoms with van der Waals surface area (Å²) in [4.78, 5) is 10.9. The number of carboxylic acids is 1. The van der Waals surface area contributed by atoms with Crippen LogP contribution in [0, 0.1) is 11.6 Å². The van der Waals surface area contributed by atoms with Crippen LogP contribution < -0.4 is 0 Å². The first-order valence-corrected chi connectivity index (χ1v) is 5.77. The molecule has 2 aromatic carbocycles. The number of benzene rings is 2. The maximum absolute atomic E-state index is 13.2. The van der Waals surface area contributed by atoms with Crippen molar-refractivity contribution in [3.8, 4) is 11.1 Å². The topological polar surface area (TPSA) is 37.3 Å². The second-order valence-corrected chi connectivity index (χ2v) is 4.31. The van der Waals surface area contributed by atoms with Gasteiger partial charge in [0.1, 0.15) is 0 Å². The van der Waals surface area contributed by atoms with Crippen molar-refractivity contribution >= 4 is 5.97 Å². The van der Waals surface area contributed by atoms with E-state index in [1.54, 1.807) is 31.2 Å². The first kappa shape index (κ1) is 13.2. The Morgan fingerprint density at radius 1 is 1.05 bits per heavy atom. The highest BCUT2D eigenvalue weighted by molar-refractivity contribution is 5.76. The lowest BCUT2D eigenvalue weighted by atomic mass is 9.96. The molecule has 0 amide bonds. The summed E-state index contributed by atoms with van der Waals surface area (Å²) in [5.74, 6) is -3.40. The zero-order chi connectivity index (χ0) is 14.0. The normalized spacial score (nSPS) is 12.2. The van der Waals surface area contributed by atoms with Gasteiger partial charge < -0.3 is 5.11 Å². The van der Waals surface area contributed by atoms with Crippen molar-refractivity contribution in [2.45, 2.75) is 12.8 Å². The van der Waals surface area contributed by atoms with Crippen LogP contribution in [-0.4, -0.2) is 11.1 Å². The largest absolute Gasteiger partial charge is 0.481 e. The minimum Gasteiger partial charge on any atom is -0.481 e. The number of rotatable bonds is 3. The van der Waals surface area contributed by atoms with Crippen molar-refractivity contribution in [3.05, 3.63) is 59.7 Å². The number of hydrogen-bond donors (Lipinski definition) is 1. The summed E-state index contributed by atoms with van der Waals surface area (Å²) in [5, 5.41) is 8.97. The number of hydrogen-bond acceptors (Lipinski definition) is 1. The molecule has 1 N–H and O–H groups in total. The number of aliphatic carboxylic acids is 1. The average Bonchev–Trinajstić information content (AvgIpc) is 2.41. The Morgan fingerprint density at radius 2 is 1.74 bits per heavy atom. The third kappa shape index (κ3) is 2.78. The monoisotopic (exact) mass is 262 g/mol. The SMILES string of the molecule is CC(C(=O)O)c1cccc(-c2ccc(F)c(F)c2)c1. The zero-order valence-electron chi connectivity index (χ0n) is 10.2. The van der Waals surface area contributed by atoms with E-state index in [0.29, 0.717) is 16.7 Å². The van der Waals surface area contributed by atoms with Gasteiger partial charge in [-0.3, -0.25) is 4.79 Å². The van der Waals surface area contributed by atoms with Crippen molar-refractivity contribution < 1.29 is 18.7 Å². The van der Waals surface area contributed by atoms with E-state index in [0.717, 1.165) is 12.1 Å². The molecule has 0 radical (unpaired) electrons. The highest BCUT2D eigenvalue weighted by Crippen LogP contribution is 2.25. The standard InChI is InChI=1S/C15H12F2O2/c1-9(15(18)19)10-3-2-4-11(7-10)12-5-6-13(16)14(17)8-12/h2-9H,1H3,(H,18,19). The Hall–Kier alpha value is -2.23. The van der Waals surface area contributed by atoms with E-state index in [9.17, 15) is 13.6 Å². The molecule has 0 saturated carbocycles. The molecular weight excluding hydrogens is 250 g/mol. The Labute approximate surface area is 109 Å². The summed E-state index contributed by atoms with van der Waals surface area (Å²) in [6.07, 6.45) is 0. The van der Waals surface area contributed by atoms with Crippen LogP contribution in [0.1, 0.15) is 18.4 Å². The molecule has 0 spiro atoms. The molecule has 0 saturated heterocycles. The Balaban J connectivity index is 2.43. The van der Waals surface area contributed by atoms with Gasteiger partial charge in [0.15, 0.2) is 11.6 Å². The van der Waals surface area contributed by atoms with Crippen LogP contribution in [0.5, 0.6) is 0 Å². The van der Waals surface area contributed by atoms with Gasteiger partial charge >= 0.3 is 5.97 Å². The van der Waals surface area contributed by atoms with E-state index in [4.69, 9.17) is 5.11 Å². The summed E-state index contributed by atoms with van der Waals surface area (Å²) >= 11 is 0. The van der Waals surface area contributed by atoms with Gasteiger partial charge in [-0.2, -0.15) is 0 Å². The minimum absolute atomic E-state index is 0.512. The first-order chi connectivity index (χ1) is 8.99. The van der Waals surface area contributed by atoms with Crippen LogP contribution in [-0.2, 0) is 4.79 Å². The summed E-state index contributed by atoms with van der Waals surface area (Å²) in [5.41, 5.74) is 1.79. The average molecular weight is 262 g/mol. The van der Waals surface area contributed by atoms with Gasteiger partial charge in [-0.1, -0.05) is 30.3 Å². The van der Waals surface area contributed by atoms with Gasteiger partial charge in [0.25, 0.3) is 0 Å². The fraction of sp³-hybridized carbons (Fsp3) is 0.133. The third-order valence-electron chi connectivity index (χ3n) is 3.01. The predicted molar refractivity (Wildman–Crippen MR) is 67.8 cm³/mol. The molecule has 0 bridgehead atoms. The van der Waals surface area contributed by atoms with Crippen LogP contribution in [0.4, 0.5) is 8.78 Å². The van der Waals surface area contributed by atoms with Crippen LogP contribution in [0.25, 0.3) is 11.1 Å². The van der Waals surface area contributed by atoms with E-state index in [1.165, 1.54) is 6.07 Å². The molecular formula is C15H12F2O2. The zero-order valence-corrected chi connectivity index (χ0v) is 10.2. The molecule has 2 rings (SSSR count). The van der Waals surface area contributed by atoms with Gasteiger partial charge in [0, 0.05) is 0 Å². The summed E-state index contributed by atoms with van der Waals surface area (Å²) < 4.78 is 26.1. The number of halogens is 2. The van der Waals surface area contributed by atoms with Gasteiger partial charge in [0.2, 0.25) is 0 Å². The molecule has 0 heterocycles. The van der Waals surface area contributed by atoms with Gasteiger partial charge in [-0.25, -0.2) is 8.78 Å². The van der Waals surface area contributed by atoms with Crippen LogP contribution in [0.15, 0.2) is 42.5 Å². The third-order valence-corrected chi connectivity index (χ3v) is 3.01. The molecule has 1 atom stereocenters. The van der Waals surface area contributed by atoms with Crippen LogP contribution in [0.2, 0.25) is 0 Å². The maximum Gasteiger partial charge on any atom is 0.310 e. The van der Waals surface area contributed by atoms with Gasteiger partial charge in [-0.05, 0) is 35.7 Å². The van der Waals surface area contributed by atoms with Crippen molar-refractivity contribution in [2.75, 3.05) is 0 Å². The number of carboxylic acid groups (broad SMARTS) is 1. The van der Waals surface area contributed by atoms with Crippen molar-refractivity contribution in [1.29, 1.82) is 0 Å². The van der Waals surface area contributed by atoms with E-state index in [2.05, 4.69) is 0 Å². The first-order valence-electron chi connectivity index (χ1n) is 5.77. The van der Waals surface area contributed by atoms with Crippen LogP contribution >= 0.6 is 0 Å². The summed E-state index contributed by atoms with van der Waals surface area (Å²) in [6.45, 7) is 1.58. The Kier molecular flexibility index (Phi) is 3.60. The lowest BCUT2D eigenvalue weighted by molar-refractivity contribution is -0.138. The van der Waals surface area contributed by atoms with Crippen molar-refractivity contribution in [1.82, 2.24) is 0 Å². The highest BCUT2D eigenvalue weighted by atomic mass is 19.2. The van der Waals surface area contributed by atoms with Crippen LogP contribution in [0.3, 0.4) is 0 Å². The smallest absolute Gasteiger partial charge is 0.310 e. The molecule has 4 heteroatoms. The number of carbonyl (C=O) groups is 1. The van der Waals surface area contributed by atoms with Crippen molar-refractivity contribution in [2.24, 2.45) is 0 Å². The van der Waals surface area contributed by atoms with E-state index < -0.39 is 23.5 Å². The lowest BCUT2D eigenvalue weighted by Gasteiger charge is -2.09. The summed E-state index contributed by atoms with van der Waals surface area (Å²) in [7, 11) is 0. The van der Waals surface area contributed by atoms with Gasteiger partial charge in [-0.15, -0.1) is 0 Å². The van der Waals surface area contributed by atoms with E-state index >= 15 is 0 Å². The molecule has 0 aliphatic carbocycles. The predicted octanol–water partition coefficient (Wildman–Crippen LogP) is 3.82. The quantitative estimate of drug-likeness (QED) is 0.913. The molecule has 2 aromatic rings. The Morgan fingerprint density at radius 3 is 2.37 bits per heavy atom. The molecule has 2 nitrogen and oxygen atoms in total. The van der Waals surface area contributed by atoms with Gasteiger partial charge in [0.05, 0.1) is 5.92 Å². The molecule has 0 aromatic heterocycles. The molecule has 1 unspecified atom stereocenters.